The van der Waals surface area contributed by atoms with Crippen molar-refractivity contribution in [3.63, 3.8) is 0 Å². The Labute approximate surface area is 156 Å². The summed E-state index contributed by atoms with van der Waals surface area (Å²) in [5.74, 6) is 0.370. The maximum atomic E-state index is 12.4. The fraction of sp³-hybridized carbons (Fsp3) is 0.263. The first-order chi connectivity index (χ1) is 12.9. The number of aromatic amines is 1. The van der Waals surface area contributed by atoms with Crippen LogP contribution in [0.1, 0.15) is 36.5 Å². The molecule has 0 spiro atoms. The van der Waals surface area contributed by atoms with E-state index < -0.39 is 5.91 Å². The third kappa shape index (κ3) is 4.60. The Morgan fingerprint density at radius 2 is 2.11 bits per heavy atom. The highest BCUT2D eigenvalue weighted by Crippen LogP contribution is 2.27. The van der Waals surface area contributed by atoms with Gasteiger partial charge in [0.1, 0.15) is 11.6 Å². The Hall–Kier alpha value is -3.42. The number of primary amides is 1. The van der Waals surface area contributed by atoms with Crippen molar-refractivity contribution in [1.82, 2.24) is 15.0 Å². The number of aromatic nitrogens is 3. The van der Waals surface area contributed by atoms with E-state index in [1.165, 1.54) is 6.07 Å². The number of nitrogens with one attached hydrogen (secondary N) is 2. The number of ether oxygens (including phenoxy) is 1. The first kappa shape index (κ1) is 18.4. The van der Waals surface area contributed by atoms with Crippen LogP contribution in [0.15, 0.2) is 36.5 Å². The molecule has 1 aromatic carbocycles. The first-order valence-corrected chi connectivity index (χ1v) is 8.62. The number of imidazole rings is 1. The highest BCUT2D eigenvalue weighted by molar-refractivity contribution is 5.97. The number of rotatable bonds is 7. The van der Waals surface area contributed by atoms with Gasteiger partial charge in [0.05, 0.1) is 17.3 Å². The molecule has 0 aliphatic heterocycles. The van der Waals surface area contributed by atoms with Gasteiger partial charge in [-0.2, -0.15) is 0 Å². The van der Waals surface area contributed by atoms with E-state index in [0.29, 0.717) is 34.9 Å². The van der Waals surface area contributed by atoms with Gasteiger partial charge in [-0.05, 0) is 44.2 Å². The molecule has 0 aliphatic rings. The van der Waals surface area contributed by atoms with Crippen molar-refractivity contribution in [2.24, 2.45) is 5.73 Å². The molecule has 0 atom stereocenters. The molecule has 0 unspecified atom stereocenters. The van der Waals surface area contributed by atoms with Crippen LogP contribution in [-0.2, 0) is 11.2 Å². The van der Waals surface area contributed by atoms with Gasteiger partial charge in [0.25, 0.3) is 0 Å². The summed E-state index contributed by atoms with van der Waals surface area (Å²) in [5, 5.41) is 2.79. The summed E-state index contributed by atoms with van der Waals surface area (Å²) in [6.45, 7) is 3.76. The second-order valence-electron chi connectivity index (χ2n) is 6.35. The highest BCUT2D eigenvalue weighted by Gasteiger charge is 2.13. The Balaban J connectivity index is 1.70. The summed E-state index contributed by atoms with van der Waals surface area (Å²) in [6, 6.07) is 8.41. The van der Waals surface area contributed by atoms with E-state index in [9.17, 15) is 9.59 Å². The first-order valence-electron chi connectivity index (χ1n) is 8.62. The summed E-state index contributed by atoms with van der Waals surface area (Å²) in [5.41, 5.74) is 7.48. The fourth-order valence-electron chi connectivity index (χ4n) is 2.60. The van der Waals surface area contributed by atoms with Gasteiger partial charge in [-0.25, -0.2) is 9.97 Å². The molecule has 0 radical (unpaired) electrons. The van der Waals surface area contributed by atoms with Crippen molar-refractivity contribution in [1.29, 1.82) is 0 Å². The van der Waals surface area contributed by atoms with Crippen molar-refractivity contribution < 1.29 is 14.3 Å². The number of hydrogen-bond acceptors (Lipinski definition) is 5. The minimum atomic E-state index is -0.573. The minimum absolute atomic E-state index is 0.0804. The second kappa shape index (κ2) is 7.86. The van der Waals surface area contributed by atoms with E-state index in [4.69, 9.17) is 10.5 Å². The van der Waals surface area contributed by atoms with E-state index in [-0.39, 0.29) is 18.4 Å². The lowest BCUT2D eigenvalue weighted by Crippen LogP contribution is -2.17. The third-order valence-corrected chi connectivity index (χ3v) is 3.80. The van der Waals surface area contributed by atoms with E-state index in [2.05, 4.69) is 20.3 Å². The zero-order valence-corrected chi connectivity index (χ0v) is 15.2. The van der Waals surface area contributed by atoms with Crippen LogP contribution in [-0.4, -0.2) is 32.9 Å². The standard InChI is InChI=1S/C19H21N5O3/c1-11(2)27-15-6-5-12(18(20)26)10-14(15)23-17(25)8-7-16-22-13-4-3-9-21-19(13)24-16/h3-6,9-11H,7-8H2,1-2H3,(H2,20,26)(H,23,25)(H,21,22,24). The number of H-pyrrole nitrogens is 1. The van der Waals surface area contributed by atoms with Gasteiger partial charge < -0.3 is 20.8 Å². The normalized spacial score (nSPS) is 10.9. The number of anilines is 1. The van der Waals surface area contributed by atoms with E-state index in [1.54, 1.807) is 18.3 Å². The van der Waals surface area contributed by atoms with Crippen LogP contribution in [0, 0.1) is 0 Å². The van der Waals surface area contributed by atoms with Crippen LogP contribution in [0.25, 0.3) is 11.2 Å². The van der Waals surface area contributed by atoms with Crippen LogP contribution >= 0.6 is 0 Å². The molecule has 0 aliphatic carbocycles. The number of pyridine rings is 1. The van der Waals surface area contributed by atoms with Crippen LogP contribution in [0.2, 0.25) is 0 Å². The molecule has 2 amide bonds. The SMILES string of the molecule is CC(C)Oc1ccc(C(N)=O)cc1NC(=O)CCc1nc2ncccc2[nH]1. The number of amides is 2. The van der Waals surface area contributed by atoms with E-state index in [1.807, 2.05) is 26.0 Å². The molecule has 8 heteroatoms. The molecular weight excluding hydrogens is 346 g/mol. The molecule has 3 rings (SSSR count). The van der Waals surface area contributed by atoms with Gasteiger partial charge in [0.15, 0.2) is 5.65 Å². The Kier molecular flexibility index (Phi) is 5.35. The van der Waals surface area contributed by atoms with Crippen molar-refractivity contribution in [2.75, 3.05) is 5.32 Å². The molecule has 8 nitrogen and oxygen atoms in total. The average Bonchev–Trinajstić information content (AvgIpc) is 3.04. The van der Waals surface area contributed by atoms with Crippen molar-refractivity contribution in [3.05, 3.63) is 47.9 Å². The lowest BCUT2D eigenvalue weighted by Gasteiger charge is -2.15. The minimum Gasteiger partial charge on any atom is -0.489 e. The Bertz CT molecular complexity index is 947. The number of nitrogens with two attached hydrogens (primary N) is 1. The van der Waals surface area contributed by atoms with Crippen LogP contribution in [0.4, 0.5) is 5.69 Å². The molecule has 2 aromatic heterocycles. The monoisotopic (exact) mass is 367 g/mol. The Morgan fingerprint density at radius 1 is 1.30 bits per heavy atom. The summed E-state index contributed by atoms with van der Waals surface area (Å²) in [6.07, 6.45) is 2.23. The fourth-order valence-corrected chi connectivity index (χ4v) is 2.60. The zero-order chi connectivity index (χ0) is 19.4. The van der Waals surface area contributed by atoms with Gasteiger partial charge in [-0.15, -0.1) is 0 Å². The number of aryl methyl sites for hydroxylation is 1. The number of nitrogens with zero attached hydrogens (tertiary/aromatic N) is 2. The van der Waals surface area contributed by atoms with Gasteiger partial charge in [0.2, 0.25) is 11.8 Å². The third-order valence-electron chi connectivity index (χ3n) is 3.80. The van der Waals surface area contributed by atoms with Crippen LogP contribution in [0.5, 0.6) is 5.75 Å². The maximum Gasteiger partial charge on any atom is 0.248 e. The molecule has 0 bridgehead atoms. The molecular formula is C19H21N5O3. The largest absolute Gasteiger partial charge is 0.489 e. The summed E-state index contributed by atoms with van der Waals surface area (Å²) < 4.78 is 5.69. The summed E-state index contributed by atoms with van der Waals surface area (Å²) in [4.78, 5) is 35.4. The predicted octanol–water partition coefficient (Wildman–Crippen LogP) is 2.42. The Morgan fingerprint density at radius 3 is 2.81 bits per heavy atom. The van der Waals surface area contributed by atoms with Crippen molar-refractivity contribution in [2.45, 2.75) is 32.8 Å². The van der Waals surface area contributed by atoms with Crippen molar-refractivity contribution in [3.8, 4) is 5.75 Å². The smallest absolute Gasteiger partial charge is 0.248 e. The highest BCUT2D eigenvalue weighted by atomic mass is 16.5. The number of hydrogen-bond donors (Lipinski definition) is 3. The molecule has 0 saturated carbocycles. The van der Waals surface area contributed by atoms with E-state index in [0.717, 1.165) is 5.52 Å². The molecule has 0 saturated heterocycles. The predicted molar refractivity (Wildman–Crippen MR) is 102 cm³/mol. The number of benzene rings is 1. The maximum absolute atomic E-state index is 12.4. The van der Waals surface area contributed by atoms with Gasteiger partial charge in [0, 0.05) is 24.6 Å². The zero-order valence-electron chi connectivity index (χ0n) is 15.2. The molecule has 140 valence electrons. The number of fused-ring (bicyclic) bond motifs is 1. The molecule has 0 fully saturated rings. The lowest BCUT2D eigenvalue weighted by molar-refractivity contribution is -0.116. The van der Waals surface area contributed by atoms with Gasteiger partial charge >= 0.3 is 0 Å². The second-order valence-corrected chi connectivity index (χ2v) is 6.35. The quantitative estimate of drug-likeness (QED) is 0.592. The number of carbonyl (C=O) groups is 2. The summed E-state index contributed by atoms with van der Waals surface area (Å²) >= 11 is 0. The molecule has 4 N–H and O–H groups in total. The van der Waals surface area contributed by atoms with Crippen molar-refractivity contribution >= 4 is 28.7 Å². The summed E-state index contributed by atoms with van der Waals surface area (Å²) in [7, 11) is 0. The van der Waals surface area contributed by atoms with Crippen LogP contribution in [0.3, 0.4) is 0 Å². The molecule has 3 aromatic rings. The van der Waals surface area contributed by atoms with Crippen LogP contribution < -0.4 is 15.8 Å². The lowest BCUT2D eigenvalue weighted by atomic mass is 10.1. The number of carbonyl (C=O) groups excluding carboxylic acids is 2. The average molecular weight is 367 g/mol. The van der Waals surface area contributed by atoms with Gasteiger partial charge in [-0.3, -0.25) is 9.59 Å². The van der Waals surface area contributed by atoms with Gasteiger partial charge in [-0.1, -0.05) is 0 Å². The topological polar surface area (TPSA) is 123 Å². The molecule has 27 heavy (non-hydrogen) atoms. The molecule has 2 heterocycles. The van der Waals surface area contributed by atoms with E-state index >= 15 is 0 Å².